The second-order valence-corrected chi connectivity index (χ2v) is 5.60. The highest BCUT2D eigenvalue weighted by Crippen LogP contribution is 2.29. The molecule has 0 bridgehead atoms. The summed E-state index contributed by atoms with van der Waals surface area (Å²) in [7, 11) is 0. The highest BCUT2D eigenvalue weighted by Gasteiger charge is 2.28. The summed E-state index contributed by atoms with van der Waals surface area (Å²) in [6.07, 6.45) is 1.51. The molecule has 0 aliphatic heterocycles. The monoisotopic (exact) mass is 267 g/mol. The third kappa shape index (κ3) is 3.04. The Labute approximate surface area is 108 Å². The molecule has 0 radical (unpaired) electrons. The summed E-state index contributed by atoms with van der Waals surface area (Å²) in [5, 5.41) is 10.5. The van der Waals surface area contributed by atoms with E-state index in [0.29, 0.717) is 5.75 Å². The van der Waals surface area contributed by atoms with Crippen LogP contribution in [0.5, 0.6) is 0 Å². The number of nitrogens with two attached hydrogens (primary N) is 1. The summed E-state index contributed by atoms with van der Waals surface area (Å²) in [6.45, 7) is 0.183. The van der Waals surface area contributed by atoms with Gasteiger partial charge in [0.25, 0.3) is 0 Å². The van der Waals surface area contributed by atoms with Gasteiger partial charge in [0.05, 0.1) is 0 Å². The summed E-state index contributed by atoms with van der Waals surface area (Å²) < 4.78 is 4.76. The van der Waals surface area contributed by atoms with E-state index >= 15 is 0 Å². The molecule has 1 unspecified atom stereocenters. The van der Waals surface area contributed by atoms with Crippen LogP contribution in [-0.4, -0.2) is 26.8 Å². The molecule has 0 fully saturated rings. The van der Waals surface area contributed by atoms with Crippen molar-refractivity contribution in [3.05, 3.63) is 42.2 Å². The predicted octanol–water partition coefficient (Wildman–Crippen LogP) is 1.48. The van der Waals surface area contributed by atoms with Crippen molar-refractivity contribution in [2.45, 2.75) is 9.94 Å². The molecule has 0 aliphatic carbocycles. The SMILES string of the molecule is NCC(O)(CSc1ncns1)c1ccccc1. The molecule has 1 aromatic carbocycles. The van der Waals surface area contributed by atoms with Gasteiger partial charge in [-0.2, -0.15) is 4.37 Å². The van der Waals surface area contributed by atoms with Crippen molar-refractivity contribution in [2.75, 3.05) is 12.3 Å². The maximum atomic E-state index is 10.5. The molecule has 2 rings (SSSR count). The Morgan fingerprint density at radius 1 is 1.35 bits per heavy atom. The zero-order valence-electron chi connectivity index (χ0n) is 9.11. The highest BCUT2D eigenvalue weighted by molar-refractivity contribution is 8.00. The van der Waals surface area contributed by atoms with Gasteiger partial charge in [0.1, 0.15) is 11.9 Å². The lowest BCUT2D eigenvalue weighted by molar-refractivity contribution is 0.0721. The fourth-order valence-corrected chi connectivity index (χ4v) is 2.98. The first-order chi connectivity index (χ1) is 8.24. The van der Waals surface area contributed by atoms with Gasteiger partial charge in [0, 0.05) is 12.3 Å². The first-order valence-electron chi connectivity index (χ1n) is 5.12. The number of aromatic nitrogens is 2. The molecule has 3 N–H and O–H groups in total. The molecule has 2 aromatic rings. The minimum absolute atomic E-state index is 0.183. The van der Waals surface area contributed by atoms with Crippen molar-refractivity contribution in [1.29, 1.82) is 0 Å². The number of benzene rings is 1. The summed E-state index contributed by atoms with van der Waals surface area (Å²) in [4.78, 5) is 4.07. The molecule has 0 saturated carbocycles. The van der Waals surface area contributed by atoms with Crippen molar-refractivity contribution in [3.63, 3.8) is 0 Å². The molecule has 0 amide bonds. The molecule has 6 heteroatoms. The van der Waals surface area contributed by atoms with Crippen LogP contribution in [0.2, 0.25) is 0 Å². The van der Waals surface area contributed by atoms with Crippen molar-refractivity contribution in [3.8, 4) is 0 Å². The second kappa shape index (κ2) is 5.59. The van der Waals surface area contributed by atoms with E-state index in [1.165, 1.54) is 29.6 Å². The Balaban J connectivity index is 2.09. The van der Waals surface area contributed by atoms with E-state index in [-0.39, 0.29) is 6.54 Å². The third-order valence-corrected chi connectivity index (χ3v) is 4.44. The Hall–Kier alpha value is -0.950. The maximum Gasteiger partial charge on any atom is 0.169 e. The molecule has 90 valence electrons. The van der Waals surface area contributed by atoms with Crippen LogP contribution in [0.4, 0.5) is 0 Å². The van der Waals surface area contributed by atoms with Gasteiger partial charge < -0.3 is 10.8 Å². The van der Waals surface area contributed by atoms with E-state index in [9.17, 15) is 5.11 Å². The van der Waals surface area contributed by atoms with Crippen molar-refractivity contribution in [1.82, 2.24) is 9.36 Å². The number of nitrogens with zero attached hydrogens (tertiary/aromatic N) is 2. The van der Waals surface area contributed by atoms with Gasteiger partial charge in [-0.3, -0.25) is 0 Å². The van der Waals surface area contributed by atoms with Gasteiger partial charge in [0.15, 0.2) is 4.34 Å². The Morgan fingerprint density at radius 2 is 2.12 bits per heavy atom. The van der Waals surface area contributed by atoms with Crippen molar-refractivity contribution in [2.24, 2.45) is 5.73 Å². The zero-order valence-corrected chi connectivity index (χ0v) is 10.7. The van der Waals surface area contributed by atoms with Gasteiger partial charge in [-0.1, -0.05) is 42.1 Å². The summed E-state index contributed by atoms with van der Waals surface area (Å²) in [5.41, 5.74) is 5.50. The number of aliphatic hydroxyl groups is 1. The van der Waals surface area contributed by atoms with Gasteiger partial charge in [-0.15, -0.1) is 0 Å². The van der Waals surface area contributed by atoms with E-state index in [0.717, 1.165) is 9.90 Å². The standard InChI is InChI=1S/C11H13N3OS2/c12-6-11(15,9-4-2-1-3-5-9)7-16-10-13-8-14-17-10/h1-5,8,15H,6-7,12H2. The number of hydrogen-bond acceptors (Lipinski definition) is 6. The van der Waals surface area contributed by atoms with Crippen LogP contribution in [0.1, 0.15) is 5.56 Å². The van der Waals surface area contributed by atoms with Gasteiger partial charge in [-0.05, 0) is 17.1 Å². The highest BCUT2D eigenvalue weighted by atomic mass is 32.2. The average molecular weight is 267 g/mol. The summed E-state index contributed by atoms with van der Waals surface area (Å²) in [5.74, 6) is 0.475. The molecule has 0 spiro atoms. The quantitative estimate of drug-likeness (QED) is 0.803. The largest absolute Gasteiger partial charge is 0.383 e. The van der Waals surface area contributed by atoms with Crippen LogP contribution >= 0.6 is 23.3 Å². The minimum Gasteiger partial charge on any atom is -0.383 e. The molecule has 1 aromatic heterocycles. The molecule has 0 aliphatic rings. The van der Waals surface area contributed by atoms with E-state index < -0.39 is 5.60 Å². The molecule has 1 heterocycles. The fourth-order valence-electron chi connectivity index (χ4n) is 1.42. The number of rotatable bonds is 5. The lowest BCUT2D eigenvalue weighted by atomic mass is 9.96. The lowest BCUT2D eigenvalue weighted by Crippen LogP contribution is -2.37. The van der Waals surface area contributed by atoms with Gasteiger partial charge in [0.2, 0.25) is 0 Å². The van der Waals surface area contributed by atoms with E-state index in [1.807, 2.05) is 30.3 Å². The van der Waals surface area contributed by atoms with E-state index in [4.69, 9.17) is 5.73 Å². The number of hydrogen-bond donors (Lipinski definition) is 2. The maximum absolute atomic E-state index is 10.5. The predicted molar refractivity (Wildman–Crippen MR) is 70.0 cm³/mol. The smallest absolute Gasteiger partial charge is 0.169 e. The molecule has 1 atom stereocenters. The van der Waals surface area contributed by atoms with Crippen LogP contribution in [0, 0.1) is 0 Å². The van der Waals surface area contributed by atoms with Crippen LogP contribution < -0.4 is 5.73 Å². The first-order valence-corrected chi connectivity index (χ1v) is 6.88. The van der Waals surface area contributed by atoms with Gasteiger partial charge in [-0.25, -0.2) is 4.98 Å². The molecule has 17 heavy (non-hydrogen) atoms. The molecular weight excluding hydrogens is 254 g/mol. The van der Waals surface area contributed by atoms with Crippen LogP contribution in [0.25, 0.3) is 0 Å². The zero-order chi connectivity index (χ0) is 12.1. The Bertz CT molecular complexity index is 449. The molecule has 4 nitrogen and oxygen atoms in total. The third-order valence-electron chi connectivity index (χ3n) is 2.42. The fraction of sp³-hybridized carbons (Fsp3) is 0.273. The van der Waals surface area contributed by atoms with Crippen LogP contribution in [0.15, 0.2) is 41.0 Å². The van der Waals surface area contributed by atoms with Crippen LogP contribution in [-0.2, 0) is 5.60 Å². The summed E-state index contributed by atoms with van der Waals surface area (Å²) in [6, 6.07) is 9.47. The average Bonchev–Trinajstić information content (AvgIpc) is 2.90. The van der Waals surface area contributed by atoms with Crippen molar-refractivity contribution < 1.29 is 5.11 Å². The normalized spacial score (nSPS) is 14.5. The van der Waals surface area contributed by atoms with Gasteiger partial charge >= 0.3 is 0 Å². The Morgan fingerprint density at radius 3 is 2.71 bits per heavy atom. The second-order valence-electron chi connectivity index (χ2n) is 3.60. The molecular formula is C11H13N3OS2. The topological polar surface area (TPSA) is 72.0 Å². The first kappa shape index (κ1) is 12.5. The number of thioether (sulfide) groups is 1. The molecule has 0 saturated heterocycles. The van der Waals surface area contributed by atoms with Crippen molar-refractivity contribution >= 4 is 23.3 Å². The van der Waals surface area contributed by atoms with E-state index in [2.05, 4.69) is 9.36 Å². The van der Waals surface area contributed by atoms with E-state index in [1.54, 1.807) is 0 Å². The van der Waals surface area contributed by atoms with Crippen LogP contribution in [0.3, 0.4) is 0 Å². The Kier molecular flexibility index (Phi) is 4.11. The summed E-state index contributed by atoms with van der Waals surface area (Å²) >= 11 is 2.79. The lowest BCUT2D eigenvalue weighted by Gasteiger charge is -2.26. The minimum atomic E-state index is -1.02.